The van der Waals surface area contributed by atoms with Gasteiger partial charge in [0.25, 0.3) is 0 Å². The smallest absolute Gasteiger partial charge is 0.319 e. The van der Waals surface area contributed by atoms with Crippen molar-refractivity contribution < 1.29 is 17.9 Å². The first-order valence-corrected chi connectivity index (χ1v) is 11.6. The van der Waals surface area contributed by atoms with Gasteiger partial charge < -0.3 is 15.4 Å². The van der Waals surface area contributed by atoms with Crippen LogP contribution in [-0.2, 0) is 10.0 Å². The molecule has 0 saturated carbocycles. The number of methoxy groups -OCH3 is 1. The summed E-state index contributed by atoms with van der Waals surface area (Å²) in [5, 5.41) is 5.65. The minimum absolute atomic E-state index is 0.279. The zero-order valence-corrected chi connectivity index (χ0v) is 18.2. The standard InChI is InChI=1S/C22H29N3O4S/c1-17-7-9-19(10-8-17)30(27,28)25-15-12-18(13-16-25)11-14-23-22(26)24-20-5-3-4-6-21(20)29-2/h3-10,18H,11-16H2,1-2H3,(H2,23,24,26). The maximum absolute atomic E-state index is 12.8. The number of hydrogen-bond donors (Lipinski definition) is 2. The van der Waals surface area contributed by atoms with Crippen molar-refractivity contribution in [1.82, 2.24) is 9.62 Å². The monoisotopic (exact) mass is 431 g/mol. The van der Waals surface area contributed by atoms with Gasteiger partial charge >= 0.3 is 6.03 Å². The summed E-state index contributed by atoms with van der Waals surface area (Å²) in [6, 6.07) is 13.9. The quantitative estimate of drug-likeness (QED) is 0.701. The van der Waals surface area contributed by atoms with Crippen LogP contribution in [0, 0.1) is 12.8 Å². The molecule has 3 rings (SSSR count). The number of rotatable bonds is 7. The molecule has 1 saturated heterocycles. The lowest BCUT2D eigenvalue weighted by molar-refractivity contribution is 0.245. The minimum atomic E-state index is -3.44. The largest absolute Gasteiger partial charge is 0.495 e. The molecule has 1 fully saturated rings. The Morgan fingerprint density at radius 1 is 1.10 bits per heavy atom. The van der Waals surface area contributed by atoms with Crippen LogP contribution < -0.4 is 15.4 Å². The number of amides is 2. The van der Waals surface area contributed by atoms with Gasteiger partial charge in [-0.3, -0.25) is 0 Å². The van der Waals surface area contributed by atoms with Crippen LogP contribution in [0.25, 0.3) is 0 Å². The average Bonchev–Trinajstić information content (AvgIpc) is 2.75. The molecule has 0 radical (unpaired) electrons. The predicted octanol–water partition coefficient (Wildman–Crippen LogP) is 3.62. The van der Waals surface area contributed by atoms with Crippen molar-refractivity contribution >= 4 is 21.7 Å². The highest BCUT2D eigenvalue weighted by Gasteiger charge is 2.29. The fraction of sp³-hybridized carbons (Fsp3) is 0.409. The molecule has 8 heteroatoms. The number of carbonyl (C=O) groups excluding carboxylic acids is 1. The van der Waals surface area contributed by atoms with E-state index in [2.05, 4.69) is 10.6 Å². The highest BCUT2D eigenvalue weighted by molar-refractivity contribution is 7.89. The van der Waals surface area contributed by atoms with Gasteiger partial charge in [0.05, 0.1) is 17.7 Å². The molecule has 0 unspecified atom stereocenters. The van der Waals surface area contributed by atoms with E-state index in [1.807, 2.05) is 31.2 Å². The summed E-state index contributed by atoms with van der Waals surface area (Å²) in [6.07, 6.45) is 2.40. The van der Waals surface area contributed by atoms with Gasteiger partial charge in [-0.1, -0.05) is 29.8 Å². The van der Waals surface area contributed by atoms with E-state index in [-0.39, 0.29) is 6.03 Å². The Balaban J connectivity index is 1.43. The number of nitrogens with one attached hydrogen (secondary N) is 2. The molecule has 0 aromatic heterocycles. The molecule has 2 N–H and O–H groups in total. The minimum Gasteiger partial charge on any atom is -0.495 e. The third-order valence-electron chi connectivity index (χ3n) is 5.43. The number of sulfonamides is 1. The highest BCUT2D eigenvalue weighted by atomic mass is 32.2. The molecule has 0 aliphatic carbocycles. The zero-order valence-electron chi connectivity index (χ0n) is 17.4. The van der Waals surface area contributed by atoms with Crippen molar-refractivity contribution in [2.75, 3.05) is 32.1 Å². The first kappa shape index (κ1) is 22.1. The maximum atomic E-state index is 12.8. The summed E-state index contributed by atoms with van der Waals surface area (Å²) < 4.78 is 32.4. The van der Waals surface area contributed by atoms with Crippen molar-refractivity contribution in [3.8, 4) is 5.75 Å². The Bertz CT molecular complexity index is 953. The summed E-state index contributed by atoms with van der Waals surface area (Å²) in [7, 11) is -1.88. The van der Waals surface area contributed by atoms with Crippen LogP contribution in [0.2, 0.25) is 0 Å². The molecule has 1 aliphatic heterocycles. The van der Waals surface area contributed by atoms with E-state index < -0.39 is 10.0 Å². The summed E-state index contributed by atoms with van der Waals surface area (Å²) in [4.78, 5) is 12.5. The van der Waals surface area contributed by atoms with Crippen molar-refractivity contribution in [1.29, 1.82) is 0 Å². The molecule has 2 amide bonds. The number of hydrogen-bond acceptors (Lipinski definition) is 4. The fourth-order valence-corrected chi connectivity index (χ4v) is 5.07. The summed E-state index contributed by atoms with van der Waals surface area (Å²) in [5.41, 5.74) is 1.65. The van der Waals surface area contributed by atoms with Gasteiger partial charge in [0.15, 0.2) is 0 Å². The van der Waals surface area contributed by atoms with Crippen LogP contribution in [0.5, 0.6) is 5.75 Å². The van der Waals surface area contributed by atoms with E-state index in [9.17, 15) is 13.2 Å². The second kappa shape index (κ2) is 9.95. The van der Waals surface area contributed by atoms with E-state index in [1.165, 1.54) is 0 Å². The Morgan fingerprint density at radius 3 is 2.43 bits per heavy atom. The highest BCUT2D eigenvalue weighted by Crippen LogP contribution is 2.26. The summed E-state index contributed by atoms with van der Waals surface area (Å²) in [6.45, 7) is 3.49. The van der Waals surface area contributed by atoms with Crippen molar-refractivity contribution in [3.05, 3.63) is 54.1 Å². The molecule has 1 aliphatic rings. The summed E-state index contributed by atoms with van der Waals surface area (Å²) >= 11 is 0. The molecule has 7 nitrogen and oxygen atoms in total. The van der Waals surface area contributed by atoms with Crippen LogP contribution >= 0.6 is 0 Å². The first-order chi connectivity index (χ1) is 14.4. The van der Waals surface area contributed by atoms with Gasteiger partial charge in [-0.25, -0.2) is 13.2 Å². The molecule has 30 heavy (non-hydrogen) atoms. The molecule has 162 valence electrons. The molecule has 2 aromatic carbocycles. The van der Waals surface area contributed by atoms with Crippen LogP contribution in [0.1, 0.15) is 24.8 Å². The Labute approximate surface area is 178 Å². The molecule has 0 atom stereocenters. The van der Waals surface area contributed by atoms with Crippen molar-refractivity contribution in [2.45, 2.75) is 31.1 Å². The SMILES string of the molecule is COc1ccccc1NC(=O)NCCC1CCN(S(=O)(=O)c2ccc(C)cc2)CC1. The second-order valence-corrected chi connectivity index (χ2v) is 9.47. The van der Waals surface area contributed by atoms with E-state index in [0.717, 1.165) is 24.8 Å². The molecule has 1 heterocycles. The number of carbonyl (C=O) groups is 1. The van der Waals surface area contributed by atoms with E-state index >= 15 is 0 Å². The number of benzene rings is 2. The zero-order chi connectivity index (χ0) is 21.6. The van der Waals surface area contributed by atoms with Crippen molar-refractivity contribution in [3.63, 3.8) is 0 Å². The molecule has 0 bridgehead atoms. The normalized spacial score (nSPS) is 15.5. The third kappa shape index (κ3) is 5.52. The lowest BCUT2D eigenvalue weighted by Gasteiger charge is -2.31. The number of anilines is 1. The number of urea groups is 1. The Kier molecular flexibility index (Phi) is 7.33. The van der Waals surface area contributed by atoms with Gasteiger partial charge in [0.1, 0.15) is 5.75 Å². The predicted molar refractivity (Wildman–Crippen MR) is 117 cm³/mol. The number of aryl methyl sites for hydroxylation is 1. The lowest BCUT2D eigenvalue weighted by Crippen LogP contribution is -2.39. The number of nitrogens with zero attached hydrogens (tertiary/aromatic N) is 1. The molecule has 2 aromatic rings. The van der Waals surface area contributed by atoms with Crippen LogP contribution in [0.3, 0.4) is 0 Å². The van der Waals surface area contributed by atoms with E-state index in [4.69, 9.17) is 4.74 Å². The first-order valence-electron chi connectivity index (χ1n) is 10.1. The van der Waals surface area contributed by atoms with Gasteiger partial charge in [-0.2, -0.15) is 4.31 Å². The van der Waals surface area contributed by atoms with E-state index in [0.29, 0.717) is 41.9 Å². The maximum Gasteiger partial charge on any atom is 0.319 e. The molecule has 0 spiro atoms. The van der Waals surface area contributed by atoms with Gasteiger partial charge in [0.2, 0.25) is 10.0 Å². The van der Waals surface area contributed by atoms with Crippen LogP contribution in [0.4, 0.5) is 10.5 Å². The average molecular weight is 432 g/mol. The van der Waals surface area contributed by atoms with Crippen LogP contribution in [0.15, 0.2) is 53.4 Å². The number of para-hydroxylation sites is 2. The van der Waals surface area contributed by atoms with Gasteiger partial charge in [0, 0.05) is 19.6 Å². The molecular weight excluding hydrogens is 402 g/mol. The van der Waals surface area contributed by atoms with E-state index in [1.54, 1.807) is 35.7 Å². The van der Waals surface area contributed by atoms with Crippen LogP contribution in [-0.4, -0.2) is 45.5 Å². The topological polar surface area (TPSA) is 87.7 Å². The third-order valence-corrected chi connectivity index (χ3v) is 7.34. The second-order valence-electron chi connectivity index (χ2n) is 7.53. The number of ether oxygens (including phenoxy) is 1. The van der Waals surface area contributed by atoms with Gasteiger partial charge in [-0.15, -0.1) is 0 Å². The fourth-order valence-electron chi connectivity index (χ4n) is 3.60. The van der Waals surface area contributed by atoms with Gasteiger partial charge in [-0.05, 0) is 56.4 Å². The Hall–Kier alpha value is -2.58. The number of piperidine rings is 1. The van der Waals surface area contributed by atoms with Crippen molar-refractivity contribution in [2.24, 2.45) is 5.92 Å². The summed E-state index contributed by atoms with van der Waals surface area (Å²) in [5.74, 6) is 0.996. The Morgan fingerprint density at radius 2 is 1.77 bits per heavy atom. The lowest BCUT2D eigenvalue weighted by atomic mass is 9.95. The molecular formula is C22H29N3O4S.